The number of benzene rings is 1. The lowest BCUT2D eigenvalue weighted by atomic mass is 9.57. The first kappa shape index (κ1) is 40.5. The van der Waals surface area contributed by atoms with Crippen LogP contribution in [0.25, 0.3) is 5.76 Å². The van der Waals surface area contributed by atoms with Crippen LogP contribution in [-0.4, -0.2) is 135 Å². The Hall–Kier alpha value is -3.71. The molecule has 1 fully saturated rings. The zero-order valence-electron chi connectivity index (χ0n) is 25.4. The zero-order chi connectivity index (χ0) is 37.4. The van der Waals surface area contributed by atoms with E-state index in [2.05, 4.69) is 5.32 Å². The summed E-state index contributed by atoms with van der Waals surface area (Å²) in [4.78, 5) is 54.3. The number of hydrogen-bond acceptors (Lipinski definition) is 14. The van der Waals surface area contributed by atoms with Gasteiger partial charge in [0.05, 0.1) is 23.2 Å². The molecule has 0 bridgehead atoms. The van der Waals surface area contributed by atoms with E-state index in [9.17, 15) is 39.6 Å². The molecule has 0 aliphatic heterocycles. The topological polar surface area (TPSA) is 343 Å². The number of carbonyl (C=O) groups is 4. The third-order valence-electron chi connectivity index (χ3n) is 7.39. The number of likely N-dealkylation sites (N-methyl/N-ethyl adjacent to an activating group) is 2. The number of fused-ring (bicyclic) bond motifs is 3. The number of Topliss-reactive ketones (excluding diaryl/α,β-unsaturated/α-hetero) is 2. The molecule has 0 saturated heterocycles. The molecule has 0 radical (unpaired) electrons. The Bertz CT molecular complexity index is 1780. The second kappa shape index (κ2) is 14.4. The summed E-state index contributed by atoms with van der Waals surface area (Å²) < 4.78 is 63.2. The van der Waals surface area contributed by atoms with Gasteiger partial charge in [-0.1, -0.05) is 11.6 Å². The highest BCUT2D eigenvalue weighted by Gasteiger charge is 2.64. The van der Waals surface area contributed by atoms with Crippen LogP contribution in [0.3, 0.4) is 0 Å². The van der Waals surface area contributed by atoms with Crippen LogP contribution in [-0.2, 0) is 46.4 Å². The van der Waals surface area contributed by atoms with Crippen molar-refractivity contribution in [2.24, 2.45) is 17.6 Å². The first-order valence-electron chi connectivity index (χ1n) is 13.2. The van der Waals surface area contributed by atoms with Gasteiger partial charge in [-0.15, -0.1) is 0 Å². The molecular weight excluding hydrogens is 712 g/mol. The highest BCUT2D eigenvalue weighted by Crippen LogP contribution is 2.54. The van der Waals surface area contributed by atoms with Crippen molar-refractivity contribution in [3.05, 3.63) is 39.1 Å². The number of amides is 2. The second-order valence-corrected chi connectivity index (χ2v) is 13.5. The normalized spacial score (nSPS) is 23.7. The van der Waals surface area contributed by atoms with Gasteiger partial charge in [-0.2, -0.15) is 16.8 Å². The van der Waals surface area contributed by atoms with E-state index >= 15 is 0 Å². The van der Waals surface area contributed by atoms with Crippen molar-refractivity contribution >= 4 is 67.2 Å². The van der Waals surface area contributed by atoms with E-state index in [1.165, 1.54) is 25.1 Å². The number of rotatable bonds is 5. The van der Waals surface area contributed by atoms with E-state index in [1.54, 1.807) is 19.0 Å². The predicted molar refractivity (Wildman–Crippen MR) is 165 cm³/mol. The first-order chi connectivity index (χ1) is 21.6. The molecule has 0 aromatic heterocycles. The summed E-state index contributed by atoms with van der Waals surface area (Å²) in [5.74, 6) is -8.04. The van der Waals surface area contributed by atoms with Gasteiger partial charge in [0.2, 0.25) is 11.7 Å². The van der Waals surface area contributed by atoms with E-state index in [-0.39, 0.29) is 41.2 Å². The molecule has 1 aromatic carbocycles. The number of nitrogens with zero attached hydrogens (tertiary/aromatic N) is 2. The van der Waals surface area contributed by atoms with Crippen molar-refractivity contribution < 1.29 is 74.7 Å². The largest absolute Gasteiger partial charge is 0.508 e. The lowest BCUT2D eigenvalue weighted by Gasteiger charge is -2.50. The number of phenols is 1. The van der Waals surface area contributed by atoms with Crippen molar-refractivity contribution in [3.63, 3.8) is 0 Å². The second-order valence-electron chi connectivity index (χ2n) is 11.3. The molecule has 11 N–H and O–H groups in total. The fourth-order valence-corrected chi connectivity index (χ4v) is 6.12. The van der Waals surface area contributed by atoms with Gasteiger partial charge < -0.3 is 36.4 Å². The molecule has 2 unspecified atom stereocenters. The SMILES string of the molecule is CN(C)CC(=O)Nc1c(Cl)cc2c(c1O)C(O)=C1C(=O)[C@]3(O)C(O)=C(C(N)=O)C(=O)[C@@H](N(C)C)C3CC1C2.O=S(=O)(O)O.O=S(=O)(O)O. The minimum Gasteiger partial charge on any atom is -0.508 e. The minimum atomic E-state index is -4.67. The molecule has 2 amide bonds. The van der Waals surface area contributed by atoms with Gasteiger partial charge in [-0.05, 0) is 58.6 Å². The summed E-state index contributed by atoms with van der Waals surface area (Å²) in [7, 11) is -2.94. The Morgan fingerprint density at radius 1 is 1.02 bits per heavy atom. The van der Waals surface area contributed by atoms with E-state index in [1.807, 2.05) is 0 Å². The number of halogens is 1. The van der Waals surface area contributed by atoms with Crippen LogP contribution in [0.1, 0.15) is 17.5 Å². The smallest absolute Gasteiger partial charge is 0.394 e. The van der Waals surface area contributed by atoms with Gasteiger partial charge in [0.1, 0.15) is 22.8 Å². The number of aliphatic hydroxyl groups excluding tert-OH is 2. The summed E-state index contributed by atoms with van der Waals surface area (Å²) >= 11 is 6.35. The number of primary amides is 1. The molecule has 3 aliphatic rings. The van der Waals surface area contributed by atoms with Crippen molar-refractivity contribution in [1.29, 1.82) is 0 Å². The molecular formula is C25H33ClN4O16S2. The van der Waals surface area contributed by atoms with Gasteiger partial charge in [0, 0.05) is 11.5 Å². The van der Waals surface area contributed by atoms with Gasteiger partial charge in [-0.3, -0.25) is 42.3 Å². The summed E-state index contributed by atoms with van der Waals surface area (Å²) in [5, 5.41) is 47.2. The molecule has 23 heteroatoms. The molecule has 0 spiro atoms. The molecule has 4 atom stereocenters. The number of anilines is 1. The van der Waals surface area contributed by atoms with E-state index in [0.29, 0.717) is 5.56 Å². The summed E-state index contributed by atoms with van der Waals surface area (Å²) in [6.45, 7) is -0.0194. The maximum atomic E-state index is 13.8. The standard InChI is InChI=1S/C25H29ClN4O8.2H2O4S/c1-29(2)8-13(31)28-17-12(26)7-10-5-9-6-11-18(30(3)4)21(34)16(24(27)37)23(36)25(11,38)22(35)15(9)19(32)14(10)20(17)33;2*1-5(2,3)4/h7,9,11,18,32-33,36,38H,5-6,8H2,1-4H3,(H2,27,37)(H,28,31);2*(H2,1,2,3,4)/t9?,11?,18-,25-;;/m0../s1. The van der Waals surface area contributed by atoms with E-state index in [4.69, 9.17) is 52.4 Å². The molecule has 1 saturated carbocycles. The van der Waals surface area contributed by atoms with Crippen LogP contribution in [0.15, 0.2) is 23.0 Å². The van der Waals surface area contributed by atoms with Crippen molar-refractivity contribution in [2.45, 2.75) is 24.5 Å². The van der Waals surface area contributed by atoms with Gasteiger partial charge in [0.15, 0.2) is 17.1 Å². The van der Waals surface area contributed by atoms with Crippen LogP contribution < -0.4 is 11.1 Å². The lowest BCUT2D eigenvalue weighted by Crippen LogP contribution is -2.65. The Labute approximate surface area is 278 Å². The highest BCUT2D eigenvalue weighted by molar-refractivity contribution is 7.80. The number of nitrogens with two attached hydrogens (primary N) is 1. The molecule has 48 heavy (non-hydrogen) atoms. The van der Waals surface area contributed by atoms with Crippen molar-refractivity contribution in [1.82, 2.24) is 9.80 Å². The Balaban J connectivity index is 0.000000700. The lowest BCUT2D eigenvalue weighted by molar-refractivity contribution is -0.153. The van der Waals surface area contributed by atoms with E-state index in [0.717, 1.165) is 0 Å². The molecule has 1 aromatic rings. The number of aliphatic hydroxyl groups is 3. The Morgan fingerprint density at radius 2 is 1.52 bits per heavy atom. The number of phenolic OH excluding ortho intramolecular Hbond substituents is 1. The molecule has 0 heterocycles. The predicted octanol–water partition coefficient (Wildman–Crippen LogP) is -1.19. The van der Waals surface area contributed by atoms with Crippen molar-refractivity contribution in [3.8, 4) is 5.75 Å². The Morgan fingerprint density at radius 3 is 1.96 bits per heavy atom. The van der Waals surface area contributed by atoms with E-state index < -0.39 is 90.5 Å². The quantitative estimate of drug-likeness (QED) is 0.0962. The monoisotopic (exact) mass is 744 g/mol. The molecule has 268 valence electrons. The number of aromatic hydroxyl groups is 1. The fraction of sp³-hybridized carbons (Fsp3) is 0.440. The average Bonchev–Trinajstić information content (AvgIpc) is 2.85. The van der Waals surface area contributed by atoms with Crippen LogP contribution in [0.4, 0.5) is 5.69 Å². The molecule has 4 rings (SSSR count). The van der Waals surface area contributed by atoms with Crippen LogP contribution in [0, 0.1) is 11.8 Å². The summed E-state index contributed by atoms with van der Waals surface area (Å²) in [6.07, 6.45) is 0.0548. The van der Waals surface area contributed by atoms with Gasteiger partial charge >= 0.3 is 20.8 Å². The van der Waals surface area contributed by atoms with Crippen LogP contribution >= 0.6 is 11.6 Å². The summed E-state index contributed by atoms with van der Waals surface area (Å²) in [6, 6.07) is 0.289. The first-order valence-corrected chi connectivity index (χ1v) is 16.3. The number of ketones is 2. The van der Waals surface area contributed by atoms with Crippen LogP contribution in [0.5, 0.6) is 5.75 Å². The maximum absolute atomic E-state index is 13.8. The number of nitrogens with one attached hydrogen (secondary N) is 1. The Kier molecular flexibility index (Phi) is 12.2. The summed E-state index contributed by atoms with van der Waals surface area (Å²) in [5.41, 5.74) is 1.46. The fourth-order valence-electron chi connectivity index (χ4n) is 5.85. The number of hydrogen-bond donors (Lipinski definition) is 10. The number of carbonyl (C=O) groups excluding carboxylic acids is 4. The molecule has 3 aliphatic carbocycles. The van der Waals surface area contributed by atoms with Gasteiger partial charge in [0.25, 0.3) is 5.91 Å². The third-order valence-corrected chi connectivity index (χ3v) is 7.69. The molecule has 20 nitrogen and oxygen atoms in total. The van der Waals surface area contributed by atoms with Gasteiger partial charge in [-0.25, -0.2) is 0 Å². The highest BCUT2D eigenvalue weighted by atomic mass is 35.5. The zero-order valence-corrected chi connectivity index (χ0v) is 27.8. The maximum Gasteiger partial charge on any atom is 0.394 e. The third kappa shape index (κ3) is 8.84. The van der Waals surface area contributed by atoms with Crippen LogP contribution in [0.2, 0.25) is 5.02 Å². The minimum absolute atomic E-state index is 0.00828. The van der Waals surface area contributed by atoms with Crippen molar-refractivity contribution in [2.75, 3.05) is 40.1 Å². The average molecular weight is 745 g/mol.